The van der Waals surface area contributed by atoms with E-state index < -0.39 is 22.9 Å². The Morgan fingerprint density at radius 3 is 2.76 bits per heavy atom. The number of aromatic amines is 1. The van der Waals surface area contributed by atoms with Crippen molar-refractivity contribution < 1.29 is 14.3 Å². The van der Waals surface area contributed by atoms with Crippen LogP contribution in [-0.2, 0) is 11.3 Å². The van der Waals surface area contributed by atoms with Gasteiger partial charge in [-0.2, -0.15) is 0 Å². The van der Waals surface area contributed by atoms with E-state index in [4.69, 9.17) is 5.11 Å². The maximum Gasteiger partial charge on any atom is 0.328 e. The van der Waals surface area contributed by atoms with Gasteiger partial charge < -0.3 is 5.11 Å². The summed E-state index contributed by atoms with van der Waals surface area (Å²) < 4.78 is 14.3. The number of nitrogens with zero attached hydrogens (tertiary/aromatic N) is 1. The molecule has 1 aromatic heterocycles. The number of H-pyrrole nitrogens is 1. The van der Waals surface area contributed by atoms with Crippen LogP contribution in [-0.4, -0.2) is 20.9 Å². The summed E-state index contributed by atoms with van der Waals surface area (Å²) in [5, 5.41) is 11.0. The second-order valence-corrected chi connectivity index (χ2v) is 4.25. The normalized spacial score (nSPS) is 10.9. The molecule has 0 amide bonds. The van der Waals surface area contributed by atoms with Crippen LogP contribution >= 0.6 is 0 Å². The van der Waals surface area contributed by atoms with Crippen molar-refractivity contribution in [2.75, 3.05) is 0 Å². The molecule has 7 heteroatoms. The lowest BCUT2D eigenvalue weighted by Gasteiger charge is -2.08. The van der Waals surface area contributed by atoms with Crippen molar-refractivity contribution >= 4 is 12.0 Å². The predicted octanol–water partition coefficient (Wildman–Crippen LogP) is 0.822. The molecule has 0 saturated heterocycles. The van der Waals surface area contributed by atoms with Gasteiger partial charge in [0.2, 0.25) is 0 Å². The van der Waals surface area contributed by atoms with E-state index in [1.54, 1.807) is 0 Å². The molecule has 0 radical (unpaired) electrons. The molecule has 0 spiro atoms. The molecule has 2 aromatic rings. The van der Waals surface area contributed by atoms with E-state index in [1.807, 2.05) is 0 Å². The highest BCUT2D eigenvalue weighted by Gasteiger charge is 2.05. The van der Waals surface area contributed by atoms with Crippen LogP contribution in [0.15, 0.2) is 46.0 Å². The Balaban J connectivity index is 2.44. The Morgan fingerprint density at radius 2 is 2.05 bits per heavy atom. The highest BCUT2D eigenvalue weighted by atomic mass is 19.1. The van der Waals surface area contributed by atoms with E-state index in [2.05, 4.69) is 5.10 Å². The molecule has 0 atom stereocenters. The van der Waals surface area contributed by atoms with E-state index >= 15 is 0 Å². The fraction of sp³-hybridized carbons (Fsp3) is 0.0714. The van der Waals surface area contributed by atoms with Crippen LogP contribution in [0.25, 0.3) is 6.08 Å². The van der Waals surface area contributed by atoms with Crippen molar-refractivity contribution in [1.82, 2.24) is 9.78 Å². The number of aliphatic carboxylic acids is 1. The molecule has 0 unspecified atom stereocenters. The van der Waals surface area contributed by atoms with Crippen molar-refractivity contribution in [3.8, 4) is 0 Å². The van der Waals surface area contributed by atoms with Gasteiger partial charge in [-0.1, -0.05) is 6.07 Å². The van der Waals surface area contributed by atoms with Crippen LogP contribution in [0.4, 0.5) is 4.39 Å². The second kappa shape index (κ2) is 6.00. The second-order valence-electron chi connectivity index (χ2n) is 4.25. The minimum Gasteiger partial charge on any atom is -0.478 e. The van der Waals surface area contributed by atoms with Crippen LogP contribution in [0.3, 0.4) is 0 Å². The Kier molecular flexibility index (Phi) is 4.13. The van der Waals surface area contributed by atoms with Gasteiger partial charge in [0, 0.05) is 18.2 Å². The molecular weight excluding hydrogens is 279 g/mol. The van der Waals surface area contributed by atoms with Crippen molar-refractivity contribution in [1.29, 1.82) is 0 Å². The molecule has 0 aliphatic rings. The van der Waals surface area contributed by atoms with Crippen molar-refractivity contribution in [3.05, 3.63) is 74.1 Å². The van der Waals surface area contributed by atoms with Crippen LogP contribution in [0, 0.1) is 5.82 Å². The molecule has 2 rings (SSSR count). The topological polar surface area (TPSA) is 92.2 Å². The first kappa shape index (κ1) is 14.4. The first-order valence-electron chi connectivity index (χ1n) is 5.95. The molecule has 0 aliphatic carbocycles. The van der Waals surface area contributed by atoms with Crippen molar-refractivity contribution in [3.63, 3.8) is 0 Å². The van der Waals surface area contributed by atoms with Gasteiger partial charge in [0.25, 0.3) is 11.1 Å². The summed E-state index contributed by atoms with van der Waals surface area (Å²) in [6, 6.07) is 6.00. The highest BCUT2D eigenvalue weighted by Crippen LogP contribution is 2.14. The van der Waals surface area contributed by atoms with E-state index in [1.165, 1.54) is 18.2 Å². The molecule has 0 bridgehead atoms. The average molecular weight is 290 g/mol. The number of benzene rings is 1. The Bertz CT molecular complexity index is 820. The van der Waals surface area contributed by atoms with E-state index in [0.717, 1.165) is 29.0 Å². The largest absolute Gasteiger partial charge is 0.478 e. The lowest BCUT2D eigenvalue weighted by Crippen LogP contribution is -2.28. The fourth-order valence-electron chi connectivity index (χ4n) is 1.78. The van der Waals surface area contributed by atoms with Gasteiger partial charge >= 0.3 is 5.97 Å². The summed E-state index contributed by atoms with van der Waals surface area (Å²) in [4.78, 5) is 33.4. The maximum absolute atomic E-state index is 13.2. The zero-order valence-corrected chi connectivity index (χ0v) is 10.7. The summed E-state index contributed by atoms with van der Waals surface area (Å²) >= 11 is 0. The third kappa shape index (κ3) is 3.75. The Hall–Kier alpha value is -2.96. The lowest BCUT2D eigenvalue weighted by molar-refractivity contribution is -0.131. The zero-order chi connectivity index (χ0) is 15.4. The number of halogens is 1. The number of carboxylic acid groups (broad SMARTS) is 1. The standard InChI is InChI=1S/C14H11FN2O4/c15-11-3-1-10(9(7-11)2-6-14(20)21)8-17-13(19)5-4-12(18)16-17/h1-7H,8H2,(H,16,18)(H,20,21). The van der Waals surface area contributed by atoms with E-state index in [-0.39, 0.29) is 6.54 Å². The first-order valence-corrected chi connectivity index (χ1v) is 5.95. The lowest BCUT2D eigenvalue weighted by atomic mass is 10.1. The molecule has 2 N–H and O–H groups in total. The molecule has 6 nitrogen and oxygen atoms in total. The Labute approximate surface area is 117 Å². The molecule has 0 saturated carbocycles. The van der Waals surface area contributed by atoms with Crippen molar-refractivity contribution in [2.24, 2.45) is 0 Å². The maximum atomic E-state index is 13.2. The SMILES string of the molecule is O=C(O)C=Cc1cc(F)ccc1Cn1[nH]c(=O)ccc1=O. The number of rotatable bonds is 4. The highest BCUT2D eigenvalue weighted by molar-refractivity contribution is 5.85. The van der Waals surface area contributed by atoms with Gasteiger partial charge in [-0.3, -0.25) is 14.7 Å². The number of aromatic nitrogens is 2. The molecule has 0 aliphatic heterocycles. The van der Waals surface area contributed by atoms with Crippen LogP contribution in [0.1, 0.15) is 11.1 Å². The molecule has 1 heterocycles. The third-order valence-corrected chi connectivity index (χ3v) is 2.73. The van der Waals surface area contributed by atoms with E-state index in [0.29, 0.717) is 11.1 Å². The quantitative estimate of drug-likeness (QED) is 0.815. The summed E-state index contributed by atoms with van der Waals surface area (Å²) in [7, 11) is 0. The molecule has 108 valence electrons. The monoisotopic (exact) mass is 290 g/mol. The van der Waals surface area contributed by atoms with Crippen LogP contribution in [0.5, 0.6) is 0 Å². The minimum absolute atomic E-state index is 0.00547. The van der Waals surface area contributed by atoms with Gasteiger partial charge in [-0.05, 0) is 29.3 Å². The van der Waals surface area contributed by atoms with Crippen molar-refractivity contribution in [2.45, 2.75) is 6.54 Å². The van der Waals surface area contributed by atoms with Gasteiger partial charge in [0.15, 0.2) is 0 Å². The summed E-state index contributed by atoms with van der Waals surface area (Å²) in [5.74, 6) is -1.70. The predicted molar refractivity (Wildman–Crippen MR) is 73.5 cm³/mol. The molecule has 0 fully saturated rings. The van der Waals surface area contributed by atoms with Gasteiger partial charge in [-0.25, -0.2) is 13.9 Å². The first-order chi connectivity index (χ1) is 9.95. The van der Waals surface area contributed by atoms with Crippen LogP contribution < -0.4 is 11.1 Å². The minimum atomic E-state index is -1.17. The third-order valence-electron chi connectivity index (χ3n) is 2.73. The van der Waals surface area contributed by atoms with Gasteiger partial charge in [0.05, 0.1) is 6.54 Å². The summed E-state index contributed by atoms with van der Waals surface area (Å²) in [6.45, 7) is -0.00547. The summed E-state index contributed by atoms with van der Waals surface area (Å²) in [5.41, 5.74) is -0.0571. The van der Waals surface area contributed by atoms with E-state index in [9.17, 15) is 18.8 Å². The van der Waals surface area contributed by atoms with Gasteiger partial charge in [-0.15, -0.1) is 0 Å². The smallest absolute Gasteiger partial charge is 0.328 e. The van der Waals surface area contributed by atoms with Crippen LogP contribution in [0.2, 0.25) is 0 Å². The number of nitrogens with one attached hydrogen (secondary N) is 1. The zero-order valence-electron chi connectivity index (χ0n) is 10.7. The molecule has 1 aromatic carbocycles. The average Bonchev–Trinajstić information content (AvgIpc) is 2.43. The van der Waals surface area contributed by atoms with Gasteiger partial charge in [0.1, 0.15) is 5.82 Å². The molecule has 21 heavy (non-hydrogen) atoms. The Morgan fingerprint density at radius 1 is 1.29 bits per heavy atom. The number of carboxylic acids is 1. The number of hydrogen-bond acceptors (Lipinski definition) is 3. The molecular formula is C14H11FN2O4. The summed E-state index contributed by atoms with van der Waals surface area (Å²) in [6.07, 6.45) is 2.10. The number of carbonyl (C=O) groups is 1. The number of hydrogen-bond donors (Lipinski definition) is 2. The fourth-order valence-corrected chi connectivity index (χ4v) is 1.78.